The molecule has 2 aliphatic heterocycles. The molecule has 1 atom stereocenters. The number of nitrogens with one attached hydrogen (secondary N) is 3. The standard InChI is InChI=1S/C28H35ClN6O5/c29-21-17-31-25-19(21)8-7-10-22(25)32-26(20(16-30)28(39)40-15-6-5-14-36)33-23-9-1-2-13-35(27(23)38)18-24(37)34-11-3-4-12-34/h7-8,10,17,23,31-33,36H,1-6,9,11-15,18H2/b26-20-/t23-/m0/s1. The smallest absolute Gasteiger partial charge is 0.352 e. The number of H-pyrrole nitrogens is 1. The summed E-state index contributed by atoms with van der Waals surface area (Å²) in [7, 11) is 0. The Labute approximate surface area is 238 Å². The maximum absolute atomic E-state index is 13.6. The maximum Gasteiger partial charge on any atom is 0.352 e. The van der Waals surface area contributed by atoms with Crippen LogP contribution in [-0.4, -0.2) is 83.1 Å². The number of anilines is 1. The SMILES string of the molecule is N#C/C(C(=O)OCCCCO)=C(\Nc1cccc2c(Cl)c[nH]c12)N[C@H]1CCCCN(CC(=O)N2CCCC2)C1=O. The van der Waals surface area contributed by atoms with Crippen molar-refractivity contribution in [2.24, 2.45) is 0 Å². The van der Waals surface area contributed by atoms with Crippen LogP contribution in [-0.2, 0) is 19.1 Å². The number of benzene rings is 1. The number of hydrogen-bond acceptors (Lipinski definition) is 8. The molecule has 0 unspecified atom stereocenters. The summed E-state index contributed by atoms with van der Waals surface area (Å²) in [6.45, 7) is 1.88. The average Bonchev–Trinajstić information content (AvgIpc) is 3.59. The van der Waals surface area contributed by atoms with Gasteiger partial charge in [0, 0.05) is 37.8 Å². The molecule has 2 aliphatic rings. The van der Waals surface area contributed by atoms with Crippen molar-refractivity contribution < 1.29 is 24.2 Å². The molecular formula is C28H35ClN6O5. The van der Waals surface area contributed by atoms with E-state index in [0.717, 1.165) is 31.1 Å². The van der Waals surface area contributed by atoms with Gasteiger partial charge in [-0.3, -0.25) is 9.59 Å². The monoisotopic (exact) mass is 570 g/mol. The first-order valence-corrected chi connectivity index (χ1v) is 14.1. The van der Waals surface area contributed by atoms with Crippen LogP contribution < -0.4 is 10.6 Å². The summed E-state index contributed by atoms with van der Waals surface area (Å²) >= 11 is 6.29. The number of rotatable bonds is 11. The van der Waals surface area contributed by atoms with Crippen molar-refractivity contribution in [3.8, 4) is 6.07 Å². The topological polar surface area (TPSA) is 151 Å². The van der Waals surface area contributed by atoms with Gasteiger partial charge in [-0.1, -0.05) is 23.7 Å². The third-order valence-corrected chi connectivity index (χ3v) is 7.47. The molecule has 0 aliphatic carbocycles. The second-order valence-corrected chi connectivity index (χ2v) is 10.4. The van der Waals surface area contributed by atoms with Gasteiger partial charge in [-0.25, -0.2) is 4.79 Å². The molecule has 2 aromatic rings. The Bertz CT molecular complexity index is 1300. The quantitative estimate of drug-likeness (QED) is 0.139. The summed E-state index contributed by atoms with van der Waals surface area (Å²) in [6, 6.07) is 6.53. The van der Waals surface area contributed by atoms with E-state index in [1.54, 1.807) is 28.1 Å². The highest BCUT2D eigenvalue weighted by molar-refractivity contribution is 6.35. The average molecular weight is 571 g/mol. The van der Waals surface area contributed by atoms with Gasteiger partial charge in [-0.2, -0.15) is 5.26 Å². The number of nitriles is 1. The molecule has 2 amide bonds. The molecule has 4 N–H and O–H groups in total. The van der Waals surface area contributed by atoms with Gasteiger partial charge in [0.25, 0.3) is 0 Å². The van der Waals surface area contributed by atoms with Crippen LogP contribution in [0.2, 0.25) is 5.02 Å². The van der Waals surface area contributed by atoms with Crippen molar-refractivity contribution in [3.05, 3.63) is 40.8 Å². The molecule has 4 rings (SSSR count). The van der Waals surface area contributed by atoms with E-state index in [4.69, 9.17) is 21.4 Å². The number of amides is 2. The number of ether oxygens (including phenoxy) is 1. The third-order valence-electron chi connectivity index (χ3n) is 7.16. The Balaban J connectivity index is 1.61. The summed E-state index contributed by atoms with van der Waals surface area (Å²) in [5.74, 6) is -1.16. The molecule has 12 heteroatoms. The number of unbranched alkanes of at least 4 members (excludes halogenated alkanes) is 1. The van der Waals surface area contributed by atoms with E-state index in [0.29, 0.717) is 55.1 Å². The summed E-state index contributed by atoms with van der Waals surface area (Å²) < 4.78 is 5.29. The number of carbonyl (C=O) groups excluding carboxylic acids is 3. The molecule has 214 valence electrons. The predicted octanol–water partition coefficient (Wildman–Crippen LogP) is 2.88. The zero-order chi connectivity index (χ0) is 28.5. The molecule has 0 radical (unpaired) electrons. The summed E-state index contributed by atoms with van der Waals surface area (Å²) in [5.41, 5.74) is 0.871. The van der Waals surface area contributed by atoms with Gasteiger partial charge in [0.15, 0.2) is 5.57 Å². The molecular weight excluding hydrogens is 536 g/mol. The van der Waals surface area contributed by atoms with E-state index in [1.165, 1.54) is 0 Å². The minimum Gasteiger partial charge on any atom is -0.461 e. The number of nitrogens with zero attached hydrogens (tertiary/aromatic N) is 3. The van der Waals surface area contributed by atoms with Crippen LogP contribution >= 0.6 is 11.6 Å². The predicted molar refractivity (Wildman–Crippen MR) is 150 cm³/mol. The summed E-state index contributed by atoms with van der Waals surface area (Å²) in [6.07, 6.45) is 6.40. The third kappa shape index (κ3) is 7.06. The van der Waals surface area contributed by atoms with Gasteiger partial charge in [0.2, 0.25) is 11.8 Å². The highest BCUT2D eigenvalue weighted by Gasteiger charge is 2.32. The number of carbonyl (C=O) groups is 3. The van der Waals surface area contributed by atoms with E-state index in [1.807, 2.05) is 12.1 Å². The molecule has 0 bridgehead atoms. The van der Waals surface area contributed by atoms with Crippen molar-refractivity contribution in [2.75, 3.05) is 44.7 Å². The number of hydrogen-bond donors (Lipinski definition) is 4. The van der Waals surface area contributed by atoms with Gasteiger partial charge in [0.05, 0.1) is 29.4 Å². The van der Waals surface area contributed by atoms with Gasteiger partial charge in [-0.15, -0.1) is 0 Å². The molecule has 2 saturated heterocycles. The zero-order valence-electron chi connectivity index (χ0n) is 22.4. The number of likely N-dealkylation sites (tertiary alicyclic amines) is 2. The molecule has 1 aromatic heterocycles. The van der Waals surface area contributed by atoms with Gasteiger partial charge in [0.1, 0.15) is 17.9 Å². The van der Waals surface area contributed by atoms with Crippen LogP contribution in [0, 0.1) is 11.3 Å². The lowest BCUT2D eigenvalue weighted by Crippen LogP contribution is -2.49. The second kappa shape index (κ2) is 14.1. The lowest BCUT2D eigenvalue weighted by Gasteiger charge is -2.28. The van der Waals surface area contributed by atoms with Crippen LogP contribution in [0.1, 0.15) is 44.9 Å². The first-order valence-electron chi connectivity index (χ1n) is 13.7. The van der Waals surface area contributed by atoms with Crippen molar-refractivity contribution in [1.29, 1.82) is 5.26 Å². The summed E-state index contributed by atoms with van der Waals surface area (Å²) in [5, 5.41) is 26.5. The molecule has 0 spiro atoms. The first kappa shape index (κ1) is 29.2. The normalized spacial score (nSPS) is 18.2. The molecule has 40 heavy (non-hydrogen) atoms. The number of para-hydroxylation sites is 1. The molecule has 11 nitrogen and oxygen atoms in total. The number of esters is 1. The van der Waals surface area contributed by atoms with Crippen molar-refractivity contribution in [3.63, 3.8) is 0 Å². The van der Waals surface area contributed by atoms with E-state index < -0.39 is 12.0 Å². The highest BCUT2D eigenvalue weighted by Crippen LogP contribution is 2.29. The van der Waals surface area contributed by atoms with E-state index in [2.05, 4.69) is 15.6 Å². The zero-order valence-corrected chi connectivity index (χ0v) is 23.1. The van der Waals surface area contributed by atoms with Crippen molar-refractivity contribution >= 4 is 46.0 Å². The van der Waals surface area contributed by atoms with Gasteiger partial charge >= 0.3 is 5.97 Å². The van der Waals surface area contributed by atoms with E-state index in [-0.39, 0.29) is 43.0 Å². The molecule has 2 fully saturated rings. The van der Waals surface area contributed by atoms with Crippen molar-refractivity contribution in [2.45, 2.75) is 51.0 Å². The fraction of sp³-hybridized carbons (Fsp3) is 0.500. The number of aliphatic hydroxyl groups excluding tert-OH is 1. The Morgan fingerprint density at radius 2 is 1.95 bits per heavy atom. The van der Waals surface area contributed by atoms with Crippen LogP contribution in [0.3, 0.4) is 0 Å². The Kier molecular flexibility index (Phi) is 10.3. The number of aromatic nitrogens is 1. The Morgan fingerprint density at radius 3 is 2.70 bits per heavy atom. The Hall–Kier alpha value is -3.75. The number of aliphatic hydroxyl groups is 1. The van der Waals surface area contributed by atoms with Crippen molar-refractivity contribution in [1.82, 2.24) is 20.1 Å². The largest absolute Gasteiger partial charge is 0.461 e. The van der Waals surface area contributed by atoms with Gasteiger partial charge < -0.3 is 35.3 Å². The van der Waals surface area contributed by atoms with Gasteiger partial charge in [-0.05, 0) is 51.0 Å². The minimum atomic E-state index is -0.853. The molecule has 1 aromatic carbocycles. The minimum absolute atomic E-state index is 0.00176. The molecule has 3 heterocycles. The van der Waals surface area contributed by atoms with E-state index >= 15 is 0 Å². The highest BCUT2D eigenvalue weighted by atomic mass is 35.5. The number of halogens is 1. The second-order valence-electron chi connectivity index (χ2n) is 9.96. The van der Waals surface area contributed by atoms with Crippen LogP contribution in [0.15, 0.2) is 35.8 Å². The fourth-order valence-electron chi connectivity index (χ4n) is 4.98. The maximum atomic E-state index is 13.6. The Morgan fingerprint density at radius 1 is 1.18 bits per heavy atom. The van der Waals surface area contributed by atoms with E-state index in [9.17, 15) is 19.6 Å². The lowest BCUT2D eigenvalue weighted by molar-refractivity contribution is -0.140. The van der Waals surface area contributed by atoms with Crippen LogP contribution in [0.4, 0.5) is 5.69 Å². The van der Waals surface area contributed by atoms with Crippen LogP contribution in [0.25, 0.3) is 10.9 Å². The molecule has 0 saturated carbocycles. The number of fused-ring (bicyclic) bond motifs is 1. The first-order chi connectivity index (χ1) is 19.4. The fourth-order valence-corrected chi connectivity index (χ4v) is 5.20. The number of aromatic amines is 1. The lowest BCUT2D eigenvalue weighted by atomic mass is 10.1. The summed E-state index contributed by atoms with van der Waals surface area (Å²) in [4.78, 5) is 45.8. The van der Waals surface area contributed by atoms with Crippen LogP contribution in [0.5, 0.6) is 0 Å².